The minimum Gasteiger partial charge on any atom is -0.354 e. The number of carbonyl (C=O) groups excluding carboxylic acids is 2. The Balaban J connectivity index is 1.79. The van der Waals surface area contributed by atoms with Crippen molar-refractivity contribution in [1.29, 1.82) is 0 Å². The number of sulfonamides is 1. The lowest BCUT2D eigenvalue weighted by molar-refractivity contribution is 0.0691. The fraction of sp³-hybridized carbons (Fsp3) is 0.524. The fourth-order valence-corrected chi connectivity index (χ4v) is 7.07. The predicted octanol–water partition coefficient (Wildman–Crippen LogP) is 3.30. The first-order valence-corrected chi connectivity index (χ1v) is 12.4. The highest BCUT2D eigenvalue weighted by atomic mass is 32.2. The number of aromatic amines is 1. The highest BCUT2D eigenvalue weighted by Gasteiger charge is 2.33. The van der Waals surface area contributed by atoms with E-state index in [0.717, 1.165) is 21.7 Å². The van der Waals surface area contributed by atoms with Gasteiger partial charge in [-0.1, -0.05) is 13.3 Å². The van der Waals surface area contributed by atoms with E-state index in [1.807, 2.05) is 27.7 Å². The molecule has 1 aliphatic heterocycles. The van der Waals surface area contributed by atoms with Crippen LogP contribution in [0.1, 0.15) is 62.1 Å². The van der Waals surface area contributed by atoms with Gasteiger partial charge in [0.1, 0.15) is 5.69 Å². The maximum absolute atomic E-state index is 13.2. The monoisotopic (exact) mass is 451 g/mol. The molecule has 0 atom stereocenters. The minimum atomic E-state index is -3.56. The van der Waals surface area contributed by atoms with E-state index in [1.165, 1.54) is 22.6 Å². The number of Topliss-reactive ketones (excluding diaryl/α,β-unsaturated/α-hetero) is 1. The third-order valence-corrected chi connectivity index (χ3v) is 8.62. The zero-order valence-corrected chi connectivity index (χ0v) is 19.8. The van der Waals surface area contributed by atoms with Crippen molar-refractivity contribution >= 4 is 33.1 Å². The van der Waals surface area contributed by atoms with E-state index in [4.69, 9.17) is 0 Å². The van der Waals surface area contributed by atoms with E-state index >= 15 is 0 Å². The van der Waals surface area contributed by atoms with E-state index in [2.05, 4.69) is 4.98 Å². The molecule has 9 heteroatoms. The van der Waals surface area contributed by atoms with Crippen LogP contribution in [-0.2, 0) is 16.4 Å². The molecule has 2 aromatic rings. The zero-order chi connectivity index (χ0) is 22.2. The first-order valence-electron chi connectivity index (χ1n) is 10.2. The molecule has 0 saturated carbocycles. The van der Waals surface area contributed by atoms with Crippen molar-refractivity contribution in [1.82, 2.24) is 14.2 Å². The Labute approximate surface area is 182 Å². The summed E-state index contributed by atoms with van der Waals surface area (Å²) in [6, 6.07) is 1.72. The second kappa shape index (κ2) is 8.64. The summed E-state index contributed by atoms with van der Waals surface area (Å²) >= 11 is 1.47. The second-order valence-electron chi connectivity index (χ2n) is 7.76. The number of hydrogen-bond acceptors (Lipinski definition) is 5. The minimum absolute atomic E-state index is 0.0522. The van der Waals surface area contributed by atoms with Crippen LogP contribution in [0.2, 0.25) is 0 Å². The molecule has 3 rings (SSSR count). The number of H-pyrrole nitrogens is 1. The predicted molar refractivity (Wildman–Crippen MR) is 118 cm³/mol. The first-order chi connectivity index (χ1) is 14.1. The second-order valence-corrected chi connectivity index (χ2v) is 11.1. The van der Waals surface area contributed by atoms with Crippen LogP contribution in [0.4, 0.5) is 0 Å². The van der Waals surface area contributed by atoms with E-state index in [0.29, 0.717) is 41.4 Å². The number of aryl methyl sites for hydroxylation is 3. The molecule has 164 valence electrons. The topological polar surface area (TPSA) is 90.6 Å². The largest absolute Gasteiger partial charge is 0.354 e. The van der Waals surface area contributed by atoms with Gasteiger partial charge in [-0.15, -0.1) is 11.3 Å². The standard InChI is InChI=1S/C21H29N3O4S2/c1-6-7-17-19(15(4)25)14(3)22-20(17)21(26)23-8-10-24(11-9-23)30(27,28)18-12-13(2)29-16(18)5/h12,22H,6-11H2,1-5H3. The van der Waals surface area contributed by atoms with Crippen molar-refractivity contribution in [3.63, 3.8) is 0 Å². The molecule has 30 heavy (non-hydrogen) atoms. The third-order valence-electron chi connectivity index (χ3n) is 5.50. The van der Waals surface area contributed by atoms with Gasteiger partial charge in [-0.2, -0.15) is 4.31 Å². The van der Waals surface area contributed by atoms with Crippen molar-refractivity contribution in [2.24, 2.45) is 0 Å². The molecule has 7 nitrogen and oxygen atoms in total. The van der Waals surface area contributed by atoms with Gasteiger partial charge in [-0.05, 0) is 45.7 Å². The Morgan fingerprint density at radius 3 is 2.27 bits per heavy atom. The highest BCUT2D eigenvalue weighted by molar-refractivity contribution is 7.89. The summed E-state index contributed by atoms with van der Waals surface area (Å²) in [5.74, 6) is -0.225. The molecule has 0 aromatic carbocycles. The van der Waals surface area contributed by atoms with Crippen LogP contribution in [0.15, 0.2) is 11.0 Å². The van der Waals surface area contributed by atoms with Gasteiger partial charge in [0, 0.05) is 47.2 Å². The molecule has 3 heterocycles. The van der Waals surface area contributed by atoms with Gasteiger partial charge in [0.05, 0.1) is 4.90 Å². The van der Waals surface area contributed by atoms with E-state index in [-0.39, 0.29) is 24.8 Å². The van der Waals surface area contributed by atoms with Crippen LogP contribution in [-0.4, -0.2) is 60.5 Å². The van der Waals surface area contributed by atoms with E-state index < -0.39 is 10.0 Å². The van der Waals surface area contributed by atoms with Gasteiger partial charge in [-0.3, -0.25) is 9.59 Å². The maximum Gasteiger partial charge on any atom is 0.270 e. The molecule has 1 fully saturated rings. The van der Waals surface area contributed by atoms with Crippen LogP contribution in [0, 0.1) is 20.8 Å². The molecular formula is C21H29N3O4S2. The normalized spacial score (nSPS) is 15.6. The fourth-order valence-electron chi connectivity index (χ4n) is 4.13. The SMILES string of the molecule is CCCc1c(C(=O)N2CCN(S(=O)(=O)c3cc(C)sc3C)CC2)[nH]c(C)c1C(C)=O. The maximum atomic E-state index is 13.2. The average Bonchev–Trinajstić information content (AvgIpc) is 3.20. The number of nitrogens with one attached hydrogen (secondary N) is 1. The summed E-state index contributed by atoms with van der Waals surface area (Å²) < 4.78 is 27.5. The van der Waals surface area contributed by atoms with Crippen LogP contribution in [0.3, 0.4) is 0 Å². The van der Waals surface area contributed by atoms with E-state index in [1.54, 1.807) is 11.0 Å². The number of piperazine rings is 1. The number of amides is 1. The van der Waals surface area contributed by atoms with Gasteiger partial charge >= 0.3 is 0 Å². The summed E-state index contributed by atoms with van der Waals surface area (Å²) in [5, 5.41) is 0. The van der Waals surface area contributed by atoms with Crippen LogP contribution in [0.25, 0.3) is 0 Å². The van der Waals surface area contributed by atoms with Crippen molar-refractivity contribution in [2.45, 2.75) is 52.4 Å². The summed E-state index contributed by atoms with van der Waals surface area (Å²) in [4.78, 5) is 32.2. The molecule has 0 bridgehead atoms. The Morgan fingerprint density at radius 2 is 1.77 bits per heavy atom. The lowest BCUT2D eigenvalue weighted by atomic mass is 10.0. The third kappa shape index (κ3) is 4.10. The molecule has 0 radical (unpaired) electrons. The molecule has 1 amide bonds. The van der Waals surface area contributed by atoms with Crippen LogP contribution in [0.5, 0.6) is 0 Å². The number of ketones is 1. The highest BCUT2D eigenvalue weighted by Crippen LogP contribution is 2.29. The zero-order valence-electron chi connectivity index (χ0n) is 18.2. The number of carbonyl (C=O) groups is 2. The number of aromatic nitrogens is 1. The molecule has 0 aliphatic carbocycles. The molecule has 1 aliphatic rings. The van der Waals surface area contributed by atoms with Gasteiger partial charge < -0.3 is 9.88 Å². The first kappa shape index (κ1) is 22.7. The quantitative estimate of drug-likeness (QED) is 0.682. The summed E-state index contributed by atoms with van der Waals surface area (Å²) in [6.07, 6.45) is 1.47. The molecule has 0 unspecified atom stereocenters. The number of nitrogens with zero attached hydrogens (tertiary/aromatic N) is 2. The van der Waals surface area contributed by atoms with E-state index in [9.17, 15) is 18.0 Å². The van der Waals surface area contributed by atoms with Crippen molar-refractivity contribution in [2.75, 3.05) is 26.2 Å². The lowest BCUT2D eigenvalue weighted by Gasteiger charge is -2.34. The summed E-state index contributed by atoms with van der Waals surface area (Å²) in [6.45, 7) is 10.2. The van der Waals surface area contributed by atoms with Crippen molar-refractivity contribution in [3.8, 4) is 0 Å². The molecule has 0 spiro atoms. The molecule has 1 N–H and O–H groups in total. The van der Waals surface area contributed by atoms with Crippen molar-refractivity contribution < 1.29 is 18.0 Å². The van der Waals surface area contributed by atoms with Crippen LogP contribution >= 0.6 is 11.3 Å². The van der Waals surface area contributed by atoms with Gasteiger partial charge in [0.15, 0.2) is 5.78 Å². The number of hydrogen-bond donors (Lipinski definition) is 1. The Morgan fingerprint density at radius 1 is 1.13 bits per heavy atom. The van der Waals surface area contributed by atoms with Crippen molar-refractivity contribution in [3.05, 3.63) is 38.3 Å². The molecule has 1 saturated heterocycles. The van der Waals surface area contributed by atoms with Gasteiger partial charge in [0.2, 0.25) is 10.0 Å². The van der Waals surface area contributed by atoms with Gasteiger partial charge in [0.25, 0.3) is 5.91 Å². The van der Waals surface area contributed by atoms with Gasteiger partial charge in [-0.25, -0.2) is 8.42 Å². The Hall–Kier alpha value is -1.97. The molecule has 2 aromatic heterocycles. The summed E-state index contributed by atoms with van der Waals surface area (Å²) in [5.41, 5.74) is 2.54. The van der Waals surface area contributed by atoms with Crippen LogP contribution < -0.4 is 0 Å². The summed E-state index contributed by atoms with van der Waals surface area (Å²) in [7, 11) is -3.56. The Bertz CT molecular complexity index is 1070. The Kier molecular flexibility index (Phi) is 6.54. The smallest absolute Gasteiger partial charge is 0.270 e. The number of thiophene rings is 1. The average molecular weight is 452 g/mol. The number of rotatable bonds is 6. The molecular weight excluding hydrogens is 422 g/mol. The lowest BCUT2D eigenvalue weighted by Crippen LogP contribution is -2.50.